The van der Waals surface area contributed by atoms with Gasteiger partial charge in [0, 0.05) is 38.7 Å². The van der Waals surface area contributed by atoms with Crippen LogP contribution in [0.15, 0.2) is 47.4 Å². The molecule has 2 aromatic carbocycles. The number of nitrogens with one attached hydrogen (secondary N) is 1. The molecular formula is C23H27N3O5S. The van der Waals surface area contributed by atoms with Crippen LogP contribution in [0.2, 0.25) is 0 Å². The van der Waals surface area contributed by atoms with Crippen LogP contribution in [0.1, 0.15) is 30.9 Å². The summed E-state index contributed by atoms with van der Waals surface area (Å²) in [6.07, 6.45) is 1.98. The van der Waals surface area contributed by atoms with E-state index in [9.17, 15) is 18.0 Å². The average Bonchev–Trinajstić information content (AvgIpc) is 3.45. The Hall–Kier alpha value is -2.91. The molecular weight excluding hydrogens is 430 g/mol. The van der Waals surface area contributed by atoms with Crippen LogP contribution in [0, 0.1) is 0 Å². The van der Waals surface area contributed by atoms with Gasteiger partial charge in [-0.15, -0.1) is 0 Å². The second-order valence-electron chi connectivity index (χ2n) is 8.08. The van der Waals surface area contributed by atoms with Crippen molar-refractivity contribution in [3.63, 3.8) is 0 Å². The van der Waals surface area contributed by atoms with Gasteiger partial charge < -0.3 is 10.1 Å². The monoisotopic (exact) mass is 457 g/mol. The molecule has 9 heteroatoms. The Labute approximate surface area is 188 Å². The average molecular weight is 458 g/mol. The fourth-order valence-electron chi connectivity index (χ4n) is 4.35. The van der Waals surface area contributed by atoms with Gasteiger partial charge in [-0.05, 0) is 54.3 Å². The summed E-state index contributed by atoms with van der Waals surface area (Å²) >= 11 is 0. The van der Waals surface area contributed by atoms with E-state index in [1.54, 1.807) is 19.2 Å². The van der Waals surface area contributed by atoms with E-state index in [-0.39, 0.29) is 23.1 Å². The summed E-state index contributed by atoms with van der Waals surface area (Å²) in [5, 5.41) is 2.89. The van der Waals surface area contributed by atoms with E-state index in [4.69, 9.17) is 4.74 Å². The van der Waals surface area contributed by atoms with Gasteiger partial charge >= 0.3 is 0 Å². The largest absolute Gasteiger partial charge is 0.497 e. The summed E-state index contributed by atoms with van der Waals surface area (Å²) in [7, 11) is -1.99. The molecule has 2 heterocycles. The van der Waals surface area contributed by atoms with E-state index < -0.39 is 16.1 Å². The van der Waals surface area contributed by atoms with Gasteiger partial charge in [-0.2, -0.15) is 4.31 Å². The van der Waals surface area contributed by atoms with E-state index in [0.717, 1.165) is 18.4 Å². The molecule has 1 N–H and O–H groups in total. The third kappa shape index (κ3) is 4.22. The summed E-state index contributed by atoms with van der Waals surface area (Å²) in [5.74, 6) is 0.144. The Morgan fingerprint density at radius 1 is 1.12 bits per heavy atom. The van der Waals surface area contributed by atoms with Gasteiger partial charge in [0.05, 0.1) is 12.0 Å². The number of nitrogens with zero attached hydrogens (tertiary/aromatic N) is 2. The smallest absolute Gasteiger partial charge is 0.243 e. The lowest BCUT2D eigenvalue weighted by atomic mass is 10.1. The minimum atomic E-state index is -3.57. The highest BCUT2D eigenvalue weighted by Crippen LogP contribution is 2.35. The van der Waals surface area contributed by atoms with Crippen LogP contribution in [-0.4, -0.2) is 50.8 Å². The second-order valence-corrected chi connectivity index (χ2v) is 10.0. The van der Waals surface area contributed by atoms with Crippen molar-refractivity contribution in [2.45, 2.75) is 43.7 Å². The number of hydrogen-bond donors (Lipinski definition) is 1. The summed E-state index contributed by atoms with van der Waals surface area (Å²) in [6, 6.07) is 11.4. The zero-order valence-corrected chi connectivity index (χ0v) is 19.0. The molecule has 1 fully saturated rings. The van der Waals surface area contributed by atoms with Gasteiger partial charge in [0.25, 0.3) is 0 Å². The first-order valence-electron chi connectivity index (χ1n) is 10.6. The van der Waals surface area contributed by atoms with Crippen LogP contribution in [0.5, 0.6) is 5.75 Å². The lowest BCUT2D eigenvalue weighted by Gasteiger charge is -2.23. The van der Waals surface area contributed by atoms with Crippen LogP contribution in [0.25, 0.3) is 0 Å². The molecule has 32 heavy (non-hydrogen) atoms. The van der Waals surface area contributed by atoms with E-state index in [1.807, 2.05) is 24.3 Å². The molecule has 2 amide bonds. The Kier molecular flexibility index (Phi) is 6.21. The number of fused-ring (bicyclic) bond motifs is 1. The van der Waals surface area contributed by atoms with Crippen LogP contribution in [-0.2, 0) is 32.6 Å². The molecule has 0 unspecified atom stereocenters. The number of carbonyl (C=O) groups excluding carboxylic acids is 2. The van der Waals surface area contributed by atoms with Crippen LogP contribution >= 0.6 is 0 Å². The molecule has 1 atom stereocenters. The van der Waals surface area contributed by atoms with Crippen molar-refractivity contribution in [3.05, 3.63) is 53.6 Å². The van der Waals surface area contributed by atoms with E-state index in [1.165, 1.54) is 22.2 Å². The molecule has 2 aromatic rings. The van der Waals surface area contributed by atoms with Crippen molar-refractivity contribution in [3.8, 4) is 5.75 Å². The van der Waals surface area contributed by atoms with Crippen molar-refractivity contribution in [1.82, 2.24) is 9.62 Å². The number of carbonyl (C=O) groups is 2. The molecule has 2 aliphatic rings. The molecule has 0 radical (unpaired) electrons. The normalized spacial score (nSPS) is 18.4. The van der Waals surface area contributed by atoms with Gasteiger partial charge in [-0.1, -0.05) is 12.1 Å². The molecule has 1 saturated heterocycles. The maximum Gasteiger partial charge on any atom is 0.243 e. The maximum absolute atomic E-state index is 13.0. The number of benzene rings is 2. The zero-order valence-electron chi connectivity index (χ0n) is 18.2. The first-order chi connectivity index (χ1) is 15.3. The molecule has 0 aliphatic carbocycles. The van der Waals surface area contributed by atoms with Gasteiger partial charge in [-0.3, -0.25) is 14.5 Å². The van der Waals surface area contributed by atoms with Gasteiger partial charge in [0.1, 0.15) is 11.8 Å². The minimum absolute atomic E-state index is 0.207. The molecule has 8 nitrogen and oxygen atoms in total. The first kappa shape index (κ1) is 22.3. The number of methoxy groups -OCH3 is 1. The zero-order chi connectivity index (χ0) is 22.9. The fraction of sp³-hybridized carbons (Fsp3) is 0.391. The standard InChI is InChI=1S/C23H27N3O5S/c1-16(27)26-21-9-8-20(32(29,30)25-10-3-4-11-25)13-18(21)14-22(26)23(28)24-15-17-6-5-7-19(12-17)31-2/h5-9,12-13,22H,3-4,10-11,14-15H2,1-2H3,(H,24,28)/t22-/m1/s1. The molecule has 170 valence electrons. The van der Waals surface area contributed by atoms with Gasteiger partial charge in [0.15, 0.2) is 0 Å². The Morgan fingerprint density at radius 2 is 1.88 bits per heavy atom. The predicted molar refractivity (Wildman–Crippen MR) is 120 cm³/mol. The van der Waals surface area contributed by atoms with Crippen molar-refractivity contribution < 1.29 is 22.7 Å². The number of anilines is 1. The fourth-order valence-corrected chi connectivity index (χ4v) is 5.92. The van der Waals surface area contributed by atoms with E-state index in [2.05, 4.69) is 5.32 Å². The second kappa shape index (κ2) is 8.91. The molecule has 0 aromatic heterocycles. The Morgan fingerprint density at radius 3 is 2.56 bits per heavy atom. The third-order valence-electron chi connectivity index (χ3n) is 5.98. The van der Waals surface area contributed by atoms with E-state index >= 15 is 0 Å². The summed E-state index contributed by atoms with van der Waals surface area (Å²) in [4.78, 5) is 27.0. The highest BCUT2D eigenvalue weighted by Gasteiger charge is 2.38. The van der Waals surface area contributed by atoms with Crippen molar-refractivity contribution >= 4 is 27.5 Å². The van der Waals surface area contributed by atoms with Crippen molar-refractivity contribution in [1.29, 1.82) is 0 Å². The Balaban J connectivity index is 1.54. The number of sulfonamides is 1. The van der Waals surface area contributed by atoms with Crippen LogP contribution in [0.4, 0.5) is 5.69 Å². The first-order valence-corrected chi connectivity index (χ1v) is 12.1. The maximum atomic E-state index is 13.0. The lowest BCUT2D eigenvalue weighted by molar-refractivity contribution is -0.125. The lowest BCUT2D eigenvalue weighted by Crippen LogP contribution is -2.47. The van der Waals surface area contributed by atoms with E-state index in [0.29, 0.717) is 36.6 Å². The summed E-state index contributed by atoms with van der Waals surface area (Å²) < 4.78 is 32.6. The third-order valence-corrected chi connectivity index (χ3v) is 7.88. The highest BCUT2D eigenvalue weighted by atomic mass is 32.2. The molecule has 0 saturated carbocycles. The van der Waals surface area contributed by atoms with Crippen LogP contribution in [0.3, 0.4) is 0 Å². The van der Waals surface area contributed by atoms with Gasteiger partial charge in [-0.25, -0.2) is 8.42 Å². The van der Waals surface area contributed by atoms with Gasteiger partial charge in [0.2, 0.25) is 21.8 Å². The number of amides is 2. The quantitative estimate of drug-likeness (QED) is 0.717. The predicted octanol–water partition coefficient (Wildman–Crippen LogP) is 2.07. The topological polar surface area (TPSA) is 96.0 Å². The van der Waals surface area contributed by atoms with Crippen molar-refractivity contribution in [2.75, 3.05) is 25.1 Å². The molecule has 0 bridgehead atoms. The SMILES string of the molecule is COc1cccc(CNC(=O)[C@H]2Cc3cc(S(=O)(=O)N4CCCC4)ccc3N2C(C)=O)c1. The number of hydrogen-bond acceptors (Lipinski definition) is 5. The number of rotatable bonds is 6. The number of ether oxygens (including phenoxy) is 1. The summed E-state index contributed by atoms with van der Waals surface area (Å²) in [6.45, 7) is 2.75. The highest BCUT2D eigenvalue weighted by molar-refractivity contribution is 7.89. The molecule has 4 rings (SSSR count). The molecule has 2 aliphatic heterocycles. The summed E-state index contributed by atoms with van der Waals surface area (Å²) in [5.41, 5.74) is 2.14. The van der Waals surface area contributed by atoms with Crippen molar-refractivity contribution in [2.24, 2.45) is 0 Å². The van der Waals surface area contributed by atoms with Crippen LogP contribution < -0.4 is 15.0 Å². The molecule has 0 spiro atoms. The minimum Gasteiger partial charge on any atom is -0.497 e. The Bertz CT molecular complexity index is 1140.